The summed E-state index contributed by atoms with van der Waals surface area (Å²) in [6.07, 6.45) is 30.2. The molecule has 0 saturated heterocycles. The molecule has 0 aromatic rings. The van der Waals surface area contributed by atoms with E-state index in [0.29, 0.717) is 0 Å². The summed E-state index contributed by atoms with van der Waals surface area (Å²) >= 11 is 0. The number of rotatable bonds is 21. The van der Waals surface area contributed by atoms with Crippen LogP contribution in [0.15, 0.2) is 0 Å². The molecule has 0 aliphatic heterocycles. The van der Waals surface area contributed by atoms with E-state index < -0.39 is 0 Å². The minimum Gasteiger partial charge on any atom is -0.0654 e. The SMILES string of the molecule is [CH2]CCCC(CCCCCCC)CCCCCCCCCCCCC. The average Bonchev–Trinajstić information content (AvgIpc) is 2.63. The fourth-order valence-electron chi connectivity index (χ4n) is 4.00. The zero-order valence-electron chi connectivity index (χ0n) is 18.1. The van der Waals surface area contributed by atoms with Crippen molar-refractivity contribution in [3.05, 3.63) is 6.92 Å². The summed E-state index contributed by atoms with van der Waals surface area (Å²) < 4.78 is 0. The van der Waals surface area contributed by atoms with Crippen molar-refractivity contribution in [2.45, 2.75) is 149 Å². The summed E-state index contributed by atoms with van der Waals surface area (Å²) in [6, 6.07) is 0. The van der Waals surface area contributed by atoms with Crippen LogP contribution in [0.2, 0.25) is 0 Å². The number of hydrogen-bond acceptors (Lipinski definition) is 0. The second-order valence-corrected chi connectivity index (χ2v) is 8.39. The van der Waals surface area contributed by atoms with Gasteiger partial charge in [-0.2, -0.15) is 0 Å². The molecule has 1 radical (unpaired) electrons. The van der Waals surface area contributed by atoms with Crippen LogP contribution in [0.25, 0.3) is 0 Å². The van der Waals surface area contributed by atoms with E-state index in [9.17, 15) is 0 Å². The van der Waals surface area contributed by atoms with Gasteiger partial charge in [0.2, 0.25) is 0 Å². The molecule has 0 heterocycles. The van der Waals surface area contributed by atoms with Crippen LogP contribution in [0.3, 0.4) is 0 Å². The van der Waals surface area contributed by atoms with E-state index in [1.807, 2.05) is 0 Å². The number of unbranched alkanes of at least 4 members (excludes halogenated alkanes) is 15. The minimum absolute atomic E-state index is 1.00. The molecule has 0 amide bonds. The lowest BCUT2D eigenvalue weighted by Crippen LogP contribution is -2.01. The predicted molar refractivity (Wildman–Crippen MR) is 117 cm³/mol. The Bertz CT molecular complexity index is 220. The van der Waals surface area contributed by atoms with Crippen molar-refractivity contribution in [1.82, 2.24) is 0 Å². The lowest BCUT2D eigenvalue weighted by molar-refractivity contribution is 0.373. The van der Waals surface area contributed by atoms with E-state index in [-0.39, 0.29) is 0 Å². The molecule has 0 aromatic carbocycles. The summed E-state index contributed by atoms with van der Waals surface area (Å²) in [5, 5.41) is 0. The zero-order chi connectivity index (χ0) is 18.4. The molecule has 0 aliphatic carbocycles. The fourth-order valence-corrected chi connectivity index (χ4v) is 4.00. The van der Waals surface area contributed by atoms with E-state index >= 15 is 0 Å². The molecule has 0 spiro atoms. The van der Waals surface area contributed by atoms with Crippen LogP contribution in [0.1, 0.15) is 149 Å². The third kappa shape index (κ3) is 20.2. The van der Waals surface area contributed by atoms with Crippen LogP contribution in [-0.4, -0.2) is 0 Å². The van der Waals surface area contributed by atoms with Crippen LogP contribution in [-0.2, 0) is 0 Å². The highest BCUT2D eigenvalue weighted by atomic mass is 14.1. The highest BCUT2D eigenvalue weighted by Gasteiger charge is 2.08. The lowest BCUT2D eigenvalue weighted by Gasteiger charge is -2.16. The van der Waals surface area contributed by atoms with Crippen molar-refractivity contribution in [1.29, 1.82) is 0 Å². The van der Waals surface area contributed by atoms with Crippen molar-refractivity contribution >= 4 is 0 Å². The van der Waals surface area contributed by atoms with Gasteiger partial charge in [-0.25, -0.2) is 0 Å². The summed E-state index contributed by atoms with van der Waals surface area (Å²) in [4.78, 5) is 0. The Hall–Kier alpha value is 0. The maximum Gasteiger partial charge on any atom is -0.0414 e. The lowest BCUT2D eigenvalue weighted by atomic mass is 9.90. The third-order valence-electron chi connectivity index (χ3n) is 5.79. The molecular formula is C25H51. The van der Waals surface area contributed by atoms with E-state index in [0.717, 1.165) is 12.3 Å². The molecule has 0 fully saturated rings. The van der Waals surface area contributed by atoms with Crippen LogP contribution >= 0.6 is 0 Å². The molecule has 0 heteroatoms. The van der Waals surface area contributed by atoms with Gasteiger partial charge in [0.25, 0.3) is 0 Å². The molecule has 1 unspecified atom stereocenters. The van der Waals surface area contributed by atoms with Crippen LogP contribution in [0, 0.1) is 12.8 Å². The molecule has 151 valence electrons. The van der Waals surface area contributed by atoms with Gasteiger partial charge in [-0.3, -0.25) is 0 Å². The Morgan fingerprint density at radius 1 is 0.440 bits per heavy atom. The molecule has 0 aromatic heterocycles. The summed E-state index contributed by atoms with van der Waals surface area (Å²) in [5.41, 5.74) is 0. The summed E-state index contributed by atoms with van der Waals surface area (Å²) in [6.45, 7) is 8.65. The third-order valence-corrected chi connectivity index (χ3v) is 5.79. The van der Waals surface area contributed by atoms with E-state index in [1.54, 1.807) is 0 Å². The monoisotopic (exact) mass is 351 g/mol. The topological polar surface area (TPSA) is 0 Å². The van der Waals surface area contributed by atoms with Crippen LogP contribution in [0.5, 0.6) is 0 Å². The first-order valence-electron chi connectivity index (χ1n) is 12.1. The first kappa shape index (κ1) is 25.0. The molecule has 0 N–H and O–H groups in total. The van der Waals surface area contributed by atoms with Crippen molar-refractivity contribution < 1.29 is 0 Å². The second kappa shape index (κ2) is 22.0. The number of hydrogen-bond donors (Lipinski definition) is 0. The van der Waals surface area contributed by atoms with Crippen molar-refractivity contribution in [2.75, 3.05) is 0 Å². The average molecular weight is 352 g/mol. The zero-order valence-corrected chi connectivity index (χ0v) is 18.1. The van der Waals surface area contributed by atoms with Gasteiger partial charge in [0.1, 0.15) is 0 Å². The van der Waals surface area contributed by atoms with Crippen molar-refractivity contribution in [2.24, 2.45) is 5.92 Å². The van der Waals surface area contributed by atoms with E-state index in [4.69, 9.17) is 0 Å². The van der Waals surface area contributed by atoms with E-state index in [1.165, 1.54) is 128 Å². The first-order valence-corrected chi connectivity index (χ1v) is 12.1. The van der Waals surface area contributed by atoms with Crippen molar-refractivity contribution in [3.63, 3.8) is 0 Å². The molecule has 0 rings (SSSR count). The largest absolute Gasteiger partial charge is 0.0654 e. The highest BCUT2D eigenvalue weighted by Crippen LogP contribution is 2.24. The van der Waals surface area contributed by atoms with Gasteiger partial charge in [0, 0.05) is 0 Å². The van der Waals surface area contributed by atoms with Gasteiger partial charge >= 0.3 is 0 Å². The standard InChI is InChI=1S/C25H51/c1-4-7-10-12-13-14-15-16-17-19-21-24-25(22-9-6-3)23-20-18-11-8-5-2/h25H,3-24H2,1-2H3. The Morgan fingerprint density at radius 3 is 1.12 bits per heavy atom. The smallest absolute Gasteiger partial charge is 0.0414 e. The maximum atomic E-state index is 4.04. The Morgan fingerprint density at radius 2 is 0.760 bits per heavy atom. The molecule has 0 bridgehead atoms. The molecule has 1 atom stereocenters. The molecule has 0 aliphatic rings. The Kier molecular flexibility index (Phi) is 22.0. The molecule has 25 heavy (non-hydrogen) atoms. The molecule has 0 saturated carbocycles. The van der Waals surface area contributed by atoms with Gasteiger partial charge in [-0.1, -0.05) is 156 Å². The van der Waals surface area contributed by atoms with Crippen LogP contribution in [0.4, 0.5) is 0 Å². The van der Waals surface area contributed by atoms with Gasteiger partial charge < -0.3 is 0 Å². The predicted octanol–water partition coefficient (Wildman–Crippen LogP) is 9.67. The minimum atomic E-state index is 1.00. The molecule has 0 nitrogen and oxygen atoms in total. The Labute approximate surface area is 161 Å². The van der Waals surface area contributed by atoms with Gasteiger partial charge in [0.15, 0.2) is 0 Å². The Balaban J connectivity index is 3.47. The van der Waals surface area contributed by atoms with Crippen molar-refractivity contribution in [3.8, 4) is 0 Å². The van der Waals surface area contributed by atoms with E-state index in [2.05, 4.69) is 20.8 Å². The second-order valence-electron chi connectivity index (χ2n) is 8.39. The quantitative estimate of drug-likeness (QED) is 0.180. The van der Waals surface area contributed by atoms with Gasteiger partial charge in [-0.15, -0.1) is 0 Å². The normalized spacial score (nSPS) is 12.6. The first-order chi connectivity index (χ1) is 12.3. The maximum absolute atomic E-state index is 4.04. The molecular weight excluding hydrogens is 300 g/mol. The highest BCUT2D eigenvalue weighted by molar-refractivity contribution is 4.62. The van der Waals surface area contributed by atoms with Gasteiger partial charge in [-0.05, 0) is 5.92 Å². The van der Waals surface area contributed by atoms with Gasteiger partial charge in [0.05, 0.1) is 0 Å². The van der Waals surface area contributed by atoms with Crippen LogP contribution < -0.4 is 0 Å². The summed E-state index contributed by atoms with van der Waals surface area (Å²) in [5.74, 6) is 1.00. The fraction of sp³-hybridized carbons (Fsp3) is 0.960. The summed E-state index contributed by atoms with van der Waals surface area (Å²) in [7, 11) is 0.